The van der Waals surface area contributed by atoms with E-state index in [2.05, 4.69) is 22.9 Å². The fourth-order valence-electron chi connectivity index (χ4n) is 1.83. The average Bonchev–Trinajstić information content (AvgIpc) is 2.46. The predicted molar refractivity (Wildman–Crippen MR) is 59.2 cm³/mol. The number of benzene rings is 1. The Morgan fingerprint density at radius 2 is 2.29 bits per heavy atom. The molecule has 0 bridgehead atoms. The normalized spacial score (nSPS) is 14.7. The Bertz CT molecular complexity index is 376. The minimum Gasteiger partial charge on any atom is -0.334 e. The quantitative estimate of drug-likeness (QED) is 0.794. The molecule has 0 unspecified atom stereocenters. The number of carbonyl (C=O) groups excluding carboxylic acids is 1. The molecule has 1 aliphatic rings. The lowest BCUT2D eigenvalue weighted by Gasteiger charge is -2.13. The van der Waals surface area contributed by atoms with Gasteiger partial charge in [0.15, 0.2) is 0 Å². The summed E-state index contributed by atoms with van der Waals surface area (Å²) >= 11 is 3.42. The molecule has 74 valence electrons. The molecule has 1 amide bonds. The molecule has 0 N–H and O–H groups in total. The van der Waals surface area contributed by atoms with Gasteiger partial charge in [-0.15, -0.1) is 0 Å². The number of rotatable bonds is 2. The summed E-state index contributed by atoms with van der Waals surface area (Å²) in [5.41, 5.74) is 1.98. The van der Waals surface area contributed by atoms with Crippen molar-refractivity contribution in [2.75, 3.05) is 6.54 Å². The minimum atomic E-state index is 0.161. The molecule has 1 aliphatic heterocycles. The van der Waals surface area contributed by atoms with Crippen LogP contribution in [-0.2, 0) is 6.54 Å². The number of hydrogen-bond donors (Lipinski definition) is 0. The van der Waals surface area contributed by atoms with Crippen LogP contribution >= 0.6 is 15.9 Å². The molecule has 1 aromatic carbocycles. The van der Waals surface area contributed by atoms with Crippen LogP contribution < -0.4 is 0 Å². The fourth-order valence-corrected chi connectivity index (χ4v) is 2.40. The Morgan fingerprint density at radius 1 is 1.50 bits per heavy atom. The zero-order chi connectivity index (χ0) is 10.1. The number of amides is 1. The molecule has 1 heterocycles. The fraction of sp³-hybridized carbons (Fsp3) is 0.364. The van der Waals surface area contributed by atoms with E-state index in [0.717, 1.165) is 35.1 Å². The second-order valence-electron chi connectivity index (χ2n) is 3.50. The number of nitrogens with zero attached hydrogens (tertiary/aromatic N) is 1. The molecule has 0 aromatic heterocycles. The first-order chi connectivity index (χ1) is 6.74. The summed E-state index contributed by atoms with van der Waals surface area (Å²) in [6.07, 6.45) is 1.01. The largest absolute Gasteiger partial charge is 0.334 e. The molecule has 0 atom stereocenters. The van der Waals surface area contributed by atoms with Crippen LogP contribution in [0.5, 0.6) is 0 Å². The van der Waals surface area contributed by atoms with Crippen LogP contribution in [0.1, 0.15) is 29.3 Å². The van der Waals surface area contributed by atoms with Crippen LogP contribution in [0.3, 0.4) is 0 Å². The first kappa shape index (κ1) is 9.71. The Labute approximate surface area is 92.0 Å². The minimum absolute atomic E-state index is 0.161. The van der Waals surface area contributed by atoms with Crippen molar-refractivity contribution in [3.8, 4) is 0 Å². The maximum absolute atomic E-state index is 11.9. The van der Waals surface area contributed by atoms with Crippen molar-refractivity contribution in [2.24, 2.45) is 0 Å². The topological polar surface area (TPSA) is 20.3 Å². The monoisotopic (exact) mass is 253 g/mol. The van der Waals surface area contributed by atoms with Crippen molar-refractivity contribution in [1.29, 1.82) is 0 Å². The molecule has 14 heavy (non-hydrogen) atoms. The Kier molecular flexibility index (Phi) is 2.59. The lowest BCUT2D eigenvalue weighted by Crippen LogP contribution is -2.24. The number of hydrogen-bond acceptors (Lipinski definition) is 1. The maximum atomic E-state index is 11.9. The van der Waals surface area contributed by atoms with Crippen LogP contribution in [0, 0.1) is 0 Å². The summed E-state index contributed by atoms with van der Waals surface area (Å²) in [5.74, 6) is 0.161. The third-order valence-corrected chi connectivity index (χ3v) is 3.12. The average molecular weight is 254 g/mol. The summed E-state index contributed by atoms with van der Waals surface area (Å²) in [4.78, 5) is 13.8. The van der Waals surface area contributed by atoms with Gasteiger partial charge in [0, 0.05) is 17.6 Å². The molecule has 2 nitrogen and oxygen atoms in total. The van der Waals surface area contributed by atoms with E-state index in [9.17, 15) is 4.79 Å². The molecule has 0 radical (unpaired) electrons. The Morgan fingerprint density at radius 3 is 2.93 bits per heavy atom. The first-order valence-electron chi connectivity index (χ1n) is 4.80. The highest BCUT2D eigenvalue weighted by Gasteiger charge is 2.28. The Balaban J connectivity index is 2.36. The third-order valence-electron chi connectivity index (χ3n) is 2.46. The second-order valence-corrected chi connectivity index (χ2v) is 4.36. The zero-order valence-corrected chi connectivity index (χ0v) is 9.67. The highest BCUT2D eigenvalue weighted by atomic mass is 79.9. The molecule has 0 spiro atoms. The highest BCUT2D eigenvalue weighted by molar-refractivity contribution is 9.10. The summed E-state index contributed by atoms with van der Waals surface area (Å²) in [6, 6.07) is 5.92. The SMILES string of the molecule is CCCN1Cc2cccc(Br)c2C1=O. The van der Waals surface area contributed by atoms with Gasteiger partial charge in [-0.3, -0.25) is 4.79 Å². The van der Waals surface area contributed by atoms with Crippen LogP contribution in [-0.4, -0.2) is 17.4 Å². The van der Waals surface area contributed by atoms with Crippen LogP contribution in [0.2, 0.25) is 0 Å². The van der Waals surface area contributed by atoms with Gasteiger partial charge in [0.25, 0.3) is 5.91 Å². The van der Waals surface area contributed by atoms with E-state index in [4.69, 9.17) is 0 Å². The Hall–Kier alpha value is -0.830. The first-order valence-corrected chi connectivity index (χ1v) is 5.60. The number of fused-ring (bicyclic) bond motifs is 1. The summed E-state index contributed by atoms with van der Waals surface area (Å²) < 4.78 is 0.915. The van der Waals surface area contributed by atoms with Gasteiger partial charge in [-0.2, -0.15) is 0 Å². The molecule has 0 aliphatic carbocycles. The van der Waals surface area contributed by atoms with Crippen molar-refractivity contribution in [1.82, 2.24) is 4.90 Å². The van der Waals surface area contributed by atoms with Gasteiger partial charge in [0.05, 0.1) is 5.56 Å². The van der Waals surface area contributed by atoms with Crippen molar-refractivity contribution >= 4 is 21.8 Å². The summed E-state index contributed by atoms with van der Waals surface area (Å²) in [7, 11) is 0. The van der Waals surface area contributed by atoms with Crippen LogP contribution in [0.25, 0.3) is 0 Å². The van der Waals surface area contributed by atoms with Crippen molar-refractivity contribution in [3.05, 3.63) is 33.8 Å². The number of carbonyl (C=O) groups is 1. The van der Waals surface area contributed by atoms with E-state index in [1.54, 1.807) is 0 Å². The molecule has 1 aromatic rings. The maximum Gasteiger partial charge on any atom is 0.255 e. The van der Waals surface area contributed by atoms with Crippen LogP contribution in [0.4, 0.5) is 0 Å². The molecule has 0 fully saturated rings. The highest BCUT2D eigenvalue weighted by Crippen LogP contribution is 2.29. The van der Waals surface area contributed by atoms with Gasteiger partial charge < -0.3 is 4.90 Å². The van der Waals surface area contributed by atoms with Gasteiger partial charge in [-0.25, -0.2) is 0 Å². The van der Waals surface area contributed by atoms with E-state index < -0.39 is 0 Å². The van der Waals surface area contributed by atoms with Crippen molar-refractivity contribution < 1.29 is 4.79 Å². The molecular weight excluding hydrogens is 242 g/mol. The third kappa shape index (κ3) is 1.46. The van der Waals surface area contributed by atoms with Crippen molar-refractivity contribution in [3.63, 3.8) is 0 Å². The van der Waals surface area contributed by atoms with E-state index in [-0.39, 0.29) is 5.91 Å². The summed E-state index contributed by atoms with van der Waals surface area (Å²) in [6.45, 7) is 3.70. The van der Waals surface area contributed by atoms with Gasteiger partial charge in [-0.05, 0) is 34.0 Å². The lowest BCUT2D eigenvalue weighted by atomic mass is 10.1. The lowest BCUT2D eigenvalue weighted by molar-refractivity contribution is 0.0778. The van der Waals surface area contributed by atoms with Gasteiger partial charge in [0.2, 0.25) is 0 Å². The summed E-state index contributed by atoms with van der Waals surface area (Å²) in [5, 5.41) is 0. The van der Waals surface area contributed by atoms with Gasteiger partial charge in [0.1, 0.15) is 0 Å². The van der Waals surface area contributed by atoms with Gasteiger partial charge in [-0.1, -0.05) is 19.1 Å². The predicted octanol–water partition coefficient (Wildman–Crippen LogP) is 2.81. The van der Waals surface area contributed by atoms with Crippen molar-refractivity contribution in [2.45, 2.75) is 19.9 Å². The molecule has 0 saturated heterocycles. The van der Waals surface area contributed by atoms with E-state index in [1.165, 1.54) is 0 Å². The van der Waals surface area contributed by atoms with Crippen LogP contribution in [0.15, 0.2) is 22.7 Å². The van der Waals surface area contributed by atoms with E-state index in [1.807, 2.05) is 23.1 Å². The molecule has 3 heteroatoms. The van der Waals surface area contributed by atoms with E-state index >= 15 is 0 Å². The molecule has 2 rings (SSSR count). The molecular formula is C11H12BrNO. The number of halogens is 1. The smallest absolute Gasteiger partial charge is 0.255 e. The zero-order valence-electron chi connectivity index (χ0n) is 8.09. The molecule has 0 saturated carbocycles. The standard InChI is InChI=1S/C11H12BrNO/c1-2-6-13-7-8-4-3-5-9(12)10(8)11(13)14/h3-5H,2,6-7H2,1H3. The second kappa shape index (κ2) is 3.73. The van der Waals surface area contributed by atoms with E-state index in [0.29, 0.717) is 0 Å². The van der Waals surface area contributed by atoms with Gasteiger partial charge >= 0.3 is 0 Å².